The summed E-state index contributed by atoms with van der Waals surface area (Å²) in [6, 6.07) is 0.606. The van der Waals surface area contributed by atoms with Crippen LogP contribution in [0.4, 0.5) is 0 Å². The summed E-state index contributed by atoms with van der Waals surface area (Å²) in [5.74, 6) is 1.90. The number of aliphatic imine (C=N–C) groups is 1. The lowest BCUT2D eigenvalue weighted by atomic mass is 9.74. The summed E-state index contributed by atoms with van der Waals surface area (Å²) >= 11 is 0. The predicted molar refractivity (Wildman–Crippen MR) is 121 cm³/mol. The van der Waals surface area contributed by atoms with Gasteiger partial charge in [0.1, 0.15) is 5.54 Å². The maximum atomic E-state index is 13.3. The summed E-state index contributed by atoms with van der Waals surface area (Å²) in [5.41, 5.74) is 5.54. The second-order valence-electron chi connectivity index (χ2n) is 10.0. The summed E-state index contributed by atoms with van der Waals surface area (Å²) in [7, 11) is 1.80. The molecule has 3 aliphatic rings. The van der Waals surface area contributed by atoms with Crippen LogP contribution in [-0.2, 0) is 4.79 Å². The SMILES string of the molecule is CCCCN[C@H]1CCC[C@H](C[C@@]2(CCC3CCCCCC3)N=C(N)N(C)C2=O)C1. The fraction of sp³-hybridized carbons (Fsp3) is 0.917. The molecule has 0 aromatic carbocycles. The van der Waals surface area contributed by atoms with E-state index in [2.05, 4.69) is 12.2 Å². The third-order valence-electron chi connectivity index (χ3n) is 7.69. The zero-order chi connectivity index (χ0) is 20.7. The maximum Gasteiger partial charge on any atom is 0.257 e. The molecule has 166 valence electrons. The molecule has 0 aromatic heterocycles. The number of carbonyl (C=O) groups is 1. The summed E-state index contributed by atoms with van der Waals surface area (Å²) in [4.78, 5) is 19.7. The van der Waals surface area contributed by atoms with Crippen LogP contribution in [0.15, 0.2) is 4.99 Å². The molecule has 2 aliphatic carbocycles. The van der Waals surface area contributed by atoms with E-state index < -0.39 is 5.54 Å². The van der Waals surface area contributed by atoms with Crippen molar-refractivity contribution in [3.05, 3.63) is 0 Å². The first-order valence-electron chi connectivity index (χ1n) is 12.4. The van der Waals surface area contributed by atoms with Crippen molar-refractivity contribution in [2.45, 2.75) is 115 Å². The summed E-state index contributed by atoms with van der Waals surface area (Å²) in [6.07, 6.45) is 18.4. The Hall–Kier alpha value is -1.10. The van der Waals surface area contributed by atoms with Crippen molar-refractivity contribution < 1.29 is 4.79 Å². The van der Waals surface area contributed by atoms with Crippen LogP contribution in [0.2, 0.25) is 0 Å². The maximum absolute atomic E-state index is 13.3. The average Bonchev–Trinajstić information content (AvgIpc) is 2.92. The van der Waals surface area contributed by atoms with Gasteiger partial charge in [-0.2, -0.15) is 0 Å². The van der Waals surface area contributed by atoms with Gasteiger partial charge in [-0.3, -0.25) is 9.69 Å². The zero-order valence-corrected chi connectivity index (χ0v) is 18.9. The second kappa shape index (κ2) is 10.8. The van der Waals surface area contributed by atoms with Crippen molar-refractivity contribution in [2.75, 3.05) is 13.6 Å². The number of unbranched alkanes of at least 4 members (excludes halogenated alkanes) is 1. The van der Waals surface area contributed by atoms with Crippen molar-refractivity contribution in [2.24, 2.45) is 22.6 Å². The van der Waals surface area contributed by atoms with Crippen LogP contribution in [-0.4, -0.2) is 41.9 Å². The van der Waals surface area contributed by atoms with Gasteiger partial charge in [-0.15, -0.1) is 0 Å². The molecule has 1 amide bonds. The largest absolute Gasteiger partial charge is 0.369 e. The Morgan fingerprint density at radius 2 is 1.83 bits per heavy atom. The van der Waals surface area contributed by atoms with E-state index in [-0.39, 0.29) is 5.91 Å². The van der Waals surface area contributed by atoms with E-state index in [0.717, 1.165) is 31.7 Å². The Morgan fingerprint density at radius 3 is 2.48 bits per heavy atom. The van der Waals surface area contributed by atoms with Crippen LogP contribution >= 0.6 is 0 Å². The van der Waals surface area contributed by atoms with Crippen LogP contribution in [0.1, 0.15) is 103 Å². The van der Waals surface area contributed by atoms with Gasteiger partial charge in [0.2, 0.25) is 0 Å². The number of likely N-dealkylation sites (N-methyl/N-ethyl adjacent to an activating group) is 1. The molecule has 3 rings (SSSR count). The Kier molecular flexibility index (Phi) is 8.40. The smallest absolute Gasteiger partial charge is 0.257 e. The molecule has 29 heavy (non-hydrogen) atoms. The number of nitrogens with one attached hydrogen (secondary N) is 1. The highest BCUT2D eigenvalue weighted by molar-refractivity contribution is 6.06. The number of carbonyl (C=O) groups excluding carboxylic acids is 1. The highest BCUT2D eigenvalue weighted by Gasteiger charge is 2.47. The molecule has 0 unspecified atom stereocenters. The molecule has 0 radical (unpaired) electrons. The third-order valence-corrected chi connectivity index (χ3v) is 7.69. The normalized spacial score (nSPS) is 31.7. The Bertz CT molecular complexity index is 555. The number of nitrogens with two attached hydrogens (primary N) is 1. The molecular formula is C24H44N4O. The third kappa shape index (κ3) is 5.96. The fourth-order valence-electron chi connectivity index (χ4n) is 5.87. The van der Waals surface area contributed by atoms with Crippen LogP contribution in [0.25, 0.3) is 0 Å². The van der Waals surface area contributed by atoms with Gasteiger partial charge in [-0.25, -0.2) is 4.99 Å². The van der Waals surface area contributed by atoms with E-state index >= 15 is 0 Å². The first kappa shape index (κ1) is 22.6. The molecule has 5 nitrogen and oxygen atoms in total. The van der Waals surface area contributed by atoms with E-state index in [1.165, 1.54) is 77.0 Å². The molecule has 2 fully saturated rings. The van der Waals surface area contributed by atoms with Crippen molar-refractivity contribution in [3.8, 4) is 0 Å². The van der Waals surface area contributed by atoms with Crippen molar-refractivity contribution in [3.63, 3.8) is 0 Å². The standard InChI is InChI=1S/C24H44N4O/c1-3-4-16-26-21-13-9-12-20(17-21)18-24(22(29)28(2)23(25)27-24)15-14-19-10-7-5-6-8-11-19/h19-21,26H,3-18H2,1-2H3,(H2,25,27)/t20-,21-,24+/m0/s1. The molecule has 3 N–H and O–H groups in total. The lowest BCUT2D eigenvalue weighted by molar-refractivity contribution is -0.131. The quantitative estimate of drug-likeness (QED) is 0.436. The van der Waals surface area contributed by atoms with Crippen molar-refractivity contribution >= 4 is 11.9 Å². The number of guanidine groups is 1. The highest BCUT2D eigenvalue weighted by Crippen LogP contribution is 2.40. The van der Waals surface area contributed by atoms with Gasteiger partial charge in [0, 0.05) is 13.1 Å². The van der Waals surface area contributed by atoms with Gasteiger partial charge in [-0.05, 0) is 56.9 Å². The highest BCUT2D eigenvalue weighted by atomic mass is 16.2. The summed E-state index contributed by atoms with van der Waals surface area (Å²) in [6.45, 7) is 3.36. The van der Waals surface area contributed by atoms with Gasteiger partial charge in [0.15, 0.2) is 5.96 Å². The molecule has 0 spiro atoms. The Labute approximate surface area is 178 Å². The van der Waals surface area contributed by atoms with E-state index in [0.29, 0.717) is 17.9 Å². The number of amides is 1. The first-order chi connectivity index (χ1) is 14.0. The molecule has 2 saturated carbocycles. The first-order valence-corrected chi connectivity index (χ1v) is 12.4. The fourth-order valence-corrected chi connectivity index (χ4v) is 5.87. The van der Waals surface area contributed by atoms with Crippen LogP contribution in [0.5, 0.6) is 0 Å². The van der Waals surface area contributed by atoms with Gasteiger partial charge >= 0.3 is 0 Å². The number of rotatable bonds is 9. The predicted octanol–water partition coefficient (Wildman–Crippen LogP) is 4.60. The molecule has 0 saturated heterocycles. The van der Waals surface area contributed by atoms with Crippen LogP contribution < -0.4 is 11.1 Å². The lowest BCUT2D eigenvalue weighted by Gasteiger charge is -2.35. The van der Waals surface area contributed by atoms with Gasteiger partial charge < -0.3 is 11.1 Å². The van der Waals surface area contributed by atoms with E-state index in [4.69, 9.17) is 10.7 Å². The molecule has 0 bridgehead atoms. The summed E-state index contributed by atoms with van der Waals surface area (Å²) in [5, 5.41) is 3.75. The second-order valence-corrected chi connectivity index (χ2v) is 10.0. The number of nitrogens with zero attached hydrogens (tertiary/aromatic N) is 2. The molecule has 1 heterocycles. The van der Waals surface area contributed by atoms with Crippen LogP contribution in [0.3, 0.4) is 0 Å². The average molecular weight is 405 g/mol. The van der Waals surface area contributed by atoms with E-state index in [1.54, 1.807) is 11.9 Å². The minimum atomic E-state index is -0.596. The van der Waals surface area contributed by atoms with Gasteiger partial charge in [0.05, 0.1) is 0 Å². The molecule has 3 atom stereocenters. The van der Waals surface area contributed by atoms with Crippen molar-refractivity contribution in [1.82, 2.24) is 10.2 Å². The molecule has 5 heteroatoms. The zero-order valence-electron chi connectivity index (χ0n) is 18.9. The minimum Gasteiger partial charge on any atom is -0.369 e. The molecular weight excluding hydrogens is 360 g/mol. The summed E-state index contributed by atoms with van der Waals surface area (Å²) < 4.78 is 0. The molecule has 0 aromatic rings. The number of hydrogen-bond acceptors (Lipinski definition) is 4. The minimum absolute atomic E-state index is 0.143. The Morgan fingerprint density at radius 1 is 1.10 bits per heavy atom. The van der Waals surface area contributed by atoms with Gasteiger partial charge in [0.25, 0.3) is 5.91 Å². The van der Waals surface area contributed by atoms with Gasteiger partial charge in [-0.1, -0.05) is 64.7 Å². The van der Waals surface area contributed by atoms with Crippen LogP contribution in [0, 0.1) is 11.8 Å². The monoisotopic (exact) mass is 404 g/mol. The topological polar surface area (TPSA) is 70.7 Å². The Balaban J connectivity index is 1.63. The van der Waals surface area contributed by atoms with E-state index in [1.807, 2.05) is 0 Å². The number of hydrogen-bond donors (Lipinski definition) is 2. The molecule has 1 aliphatic heterocycles. The lowest BCUT2D eigenvalue weighted by Crippen LogP contribution is -2.45. The van der Waals surface area contributed by atoms with E-state index in [9.17, 15) is 4.79 Å². The van der Waals surface area contributed by atoms with Crippen molar-refractivity contribution in [1.29, 1.82) is 0 Å².